The van der Waals surface area contributed by atoms with E-state index in [9.17, 15) is 4.79 Å². The van der Waals surface area contributed by atoms with Crippen molar-refractivity contribution in [3.63, 3.8) is 0 Å². The van der Waals surface area contributed by atoms with Crippen LogP contribution in [0.5, 0.6) is 0 Å². The molecule has 296 valence electrons. The number of hydrogen-bond acceptors (Lipinski definition) is 5. The van der Waals surface area contributed by atoms with Crippen LogP contribution in [0.3, 0.4) is 0 Å². The molecule has 6 nitrogen and oxygen atoms in total. The normalized spacial score (nSPS) is 12.5. The van der Waals surface area contributed by atoms with E-state index in [2.05, 4.69) is 43.5 Å². The van der Waals surface area contributed by atoms with Gasteiger partial charge < -0.3 is 24.4 Å². The molecule has 0 heterocycles. The van der Waals surface area contributed by atoms with Gasteiger partial charge in [-0.3, -0.25) is 0 Å². The van der Waals surface area contributed by atoms with E-state index in [4.69, 9.17) is 14.2 Å². The number of nitrogens with zero attached hydrogens (tertiary/aromatic N) is 1. The van der Waals surface area contributed by atoms with Crippen LogP contribution >= 0.6 is 0 Å². The summed E-state index contributed by atoms with van der Waals surface area (Å²) in [5, 5.41) is 2.88. The number of unbranched alkanes of at least 4 members (excludes halogenated alkanes) is 24. The Kier molecular flexibility index (Phi) is 40.9. The van der Waals surface area contributed by atoms with Crippen LogP contribution in [-0.4, -0.2) is 70.7 Å². The lowest BCUT2D eigenvalue weighted by atomic mass is 10.1. The summed E-state index contributed by atoms with van der Waals surface area (Å²) in [6, 6.07) is 0. The van der Waals surface area contributed by atoms with E-state index in [0.29, 0.717) is 32.9 Å². The number of rotatable bonds is 40. The van der Waals surface area contributed by atoms with Gasteiger partial charge in [-0.15, -0.1) is 0 Å². The van der Waals surface area contributed by atoms with Crippen molar-refractivity contribution in [2.75, 3.05) is 53.6 Å². The third-order valence-corrected chi connectivity index (χ3v) is 9.36. The molecular formula is C44H86N2O4. The molecule has 0 radical (unpaired) electrons. The van der Waals surface area contributed by atoms with E-state index in [0.717, 1.165) is 19.4 Å². The fourth-order valence-electron chi connectivity index (χ4n) is 6.00. The van der Waals surface area contributed by atoms with Crippen LogP contribution in [0.1, 0.15) is 194 Å². The Labute approximate surface area is 312 Å². The van der Waals surface area contributed by atoms with Gasteiger partial charge in [0.05, 0.1) is 12.7 Å². The second-order valence-corrected chi connectivity index (χ2v) is 14.8. The van der Waals surface area contributed by atoms with Crippen molar-refractivity contribution in [3.05, 3.63) is 24.3 Å². The Morgan fingerprint density at radius 2 is 0.940 bits per heavy atom. The summed E-state index contributed by atoms with van der Waals surface area (Å²) in [7, 11) is 3.94. The molecule has 1 atom stereocenters. The minimum absolute atomic E-state index is 0.145. The fourth-order valence-corrected chi connectivity index (χ4v) is 6.00. The number of nitrogens with one attached hydrogen (secondary N) is 1. The third kappa shape index (κ3) is 41.1. The third-order valence-electron chi connectivity index (χ3n) is 9.36. The molecule has 0 aliphatic heterocycles. The van der Waals surface area contributed by atoms with Crippen LogP contribution in [0.15, 0.2) is 24.3 Å². The smallest absolute Gasteiger partial charge is 0.407 e. The van der Waals surface area contributed by atoms with E-state index in [1.165, 1.54) is 167 Å². The van der Waals surface area contributed by atoms with Crippen molar-refractivity contribution in [3.8, 4) is 0 Å². The molecule has 50 heavy (non-hydrogen) atoms. The molecule has 0 aromatic carbocycles. The molecule has 0 aromatic heterocycles. The lowest BCUT2D eigenvalue weighted by molar-refractivity contribution is -0.0175. The maximum atomic E-state index is 12.1. The van der Waals surface area contributed by atoms with Crippen LogP contribution in [-0.2, 0) is 14.2 Å². The first-order valence-electron chi connectivity index (χ1n) is 21.6. The zero-order valence-electron chi connectivity index (χ0n) is 34.0. The second kappa shape index (κ2) is 42.0. The fraction of sp³-hybridized carbons (Fsp3) is 0.886. The number of likely N-dealkylation sites (N-methyl/N-ethyl adjacent to an activating group) is 1. The topological polar surface area (TPSA) is 60.0 Å². The molecule has 0 spiro atoms. The van der Waals surface area contributed by atoms with Gasteiger partial charge in [0.25, 0.3) is 0 Å². The lowest BCUT2D eigenvalue weighted by Gasteiger charge is -2.19. The van der Waals surface area contributed by atoms with Crippen molar-refractivity contribution in [1.29, 1.82) is 0 Å². The Balaban J connectivity index is 3.94. The van der Waals surface area contributed by atoms with Crippen molar-refractivity contribution in [2.45, 2.75) is 200 Å². The molecule has 6 heteroatoms. The zero-order valence-corrected chi connectivity index (χ0v) is 34.0. The van der Waals surface area contributed by atoms with Gasteiger partial charge in [0.1, 0.15) is 6.61 Å². The molecular weight excluding hydrogens is 620 g/mol. The predicted octanol–water partition coefficient (Wildman–Crippen LogP) is 12.8. The van der Waals surface area contributed by atoms with Gasteiger partial charge in [-0.25, -0.2) is 4.79 Å². The number of ether oxygens (including phenoxy) is 3. The van der Waals surface area contributed by atoms with Gasteiger partial charge in [-0.05, 0) is 78.3 Å². The summed E-state index contributed by atoms with van der Waals surface area (Å²) in [5.74, 6) is 0. The quantitative estimate of drug-likeness (QED) is 0.0508. The number of amides is 1. The Bertz CT molecular complexity index is 727. The highest BCUT2D eigenvalue weighted by Crippen LogP contribution is 2.12. The first kappa shape index (κ1) is 48.6. The summed E-state index contributed by atoms with van der Waals surface area (Å²) in [6.07, 6.45) is 45.5. The molecule has 1 unspecified atom stereocenters. The van der Waals surface area contributed by atoms with Crippen LogP contribution in [0, 0.1) is 0 Å². The highest BCUT2D eigenvalue weighted by Gasteiger charge is 2.12. The number of hydrogen-bond donors (Lipinski definition) is 1. The van der Waals surface area contributed by atoms with Crippen molar-refractivity contribution in [2.24, 2.45) is 0 Å². The van der Waals surface area contributed by atoms with E-state index in [1.807, 2.05) is 19.0 Å². The second-order valence-electron chi connectivity index (χ2n) is 14.8. The molecule has 0 saturated heterocycles. The first-order valence-corrected chi connectivity index (χ1v) is 21.6. The number of carbonyl (C=O) groups excluding carboxylic acids is 1. The molecule has 0 fully saturated rings. The molecule has 0 rings (SSSR count). The highest BCUT2D eigenvalue weighted by atomic mass is 16.6. The van der Waals surface area contributed by atoms with E-state index in [-0.39, 0.29) is 12.2 Å². The van der Waals surface area contributed by atoms with Crippen LogP contribution < -0.4 is 5.32 Å². The number of allylic oxidation sites excluding steroid dienone is 4. The lowest BCUT2D eigenvalue weighted by Crippen LogP contribution is -2.37. The molecule has 1 N–H and O–H groups in total. The first-order chi connectivity index (χ1) is 24.6. The minimum atomic E-state index is -0.383. The summed E-state index contributed by atoms with van der Waals surface area (Å²) in [4.78, 5) is 14.1. The van der Waals surface area contributed by atoms with Gasteiger partial charge >= 0.3 is 6.09 Å². The molecule has 0 aromatic rings. The van der Waals surface area contributed by atoms with Crippen LogP contribution in [0.25, 0.3) is 0 Å². The number of carbonyl (C=O) groups is 1. The minimum Gasteiger partial charge on any atom is -0.448 e. The predicted molar refractivity (Wildman–Crippen MR) is 217 cm³/mol. The van der Waals surface area contributed by atoms with E-state index >= 15 is 0 Å². The molecule has 0 aliphatic rings. The molecule has 0 aliphatic carbocycles. The molecule has 0 bridgehead atoms. The van der Waals surface area contributed by atoms with E-state index in [1.54, 1.807) is 0 Å². The van der Waals surface area contributed by atoms with E-state index < -0.39 is 0 Å². The average Bonchev–Trinajstić information content (AvgIpc) is 3.10. The average molecular weight is 707 g/mol. The Morgan fingerprint density at radius 3 is 1.38 bits per heavy atom. The summed E-state index contributed by atoms with van der Waals surface area (Å²) >= 11 is 0. The monoisotopic (exact) mass is 707 g/mol. The summed E-state index contributed by atoms with van der Waals surface area (Å²) in [5.41, 5.74) is 0. The molecule has 1 amide bonds. The van der Waals surface area contributed by atoms with Crippen LogP contribution in [0.4, 0.5) is 4.79 Å². The standard InChI is InChI=1S/C44H86N2O4/c1-5-7-9-11-13-15-17-19-21-23-25-27-29-31-33-35-38-48-42-43(41-45-44(47)50-40-37-46(3)4)49-39-36-34-32-30-28-26-24-22-20-18-16-14-12-10-8-6-2/h19-22,43H,5-18,23-42H2,1-4H3,(H,45,47). The van der Waals surface area contributed by atoms with Crippen LogP contribution in [0.2, 0.25) is 0 Å². The number of alkyl carbamates (subject to hydrolysis) is 1. The van der Waals surface area contributed by atoms with Gasteiger partial charge in [-0.2, -0.15) is 0 Å². The van der Waals surface area contributed by atoms with Gasteiger partial charge in [0.15, 0.2) is 0 Å². The maximum Gasteiger partial charge on any atom is 0.407 e. The van der Waals surface area contributed by atoms with Gasteiger partial charge in [0, 0.05) is 26.3 Å². The van der Waals surface area contributed by atoms with Crippen molar-refractivity contribution in [1.82, 2.24) is 10.2 Å². The zero-order chi connectivity index (χ0) is 36.4. The SMILES string of the molecule is CCCCCCCCC=CCCCCCCCCOCC(CNC(=O)OCCN(C)C)OCCCCCCCCC=CCCCCCCCC. The van der Waals surface area contributed by atoms with Crippen molar-refractivity contribution >= 4 is 6.09 Å². The molecule has 0 saturated carbocycles. The Morgan fingerprint density at radius 1 is 0.540 bits per heavy atom. The highest BCUT2D eigenvalue weighted by molar-refractivity contribution is 5.67. The van der Waals surface area contributed by atoms with Crippen molar-refractivity contribution < 1.29 is 19.0 Å². The summed E-state index contributed by atoms with van der Waals surface area (Å²) < 4.78 is 17.5. The maximum absolute atomic E-state index is 12.1. The van der Waals surface area contributed by atoms with Gasteiger partial charge in [0.2, 0.25) is 0 Å². The van der Waals surface area contributed by atoms with Gasteiger partial charge in [-0.1, -0.05) is 154 Å². The largest absolute Gasteiger partial charge is 0.448 e. The summed E-state index contributed by atoms with van der Waals surface area (Å²) in [6.45, 7) is 8.04. The Hall–Kier alpha value is -1.37.